The van der Waals surface area contributed by atoms with Crippen molar-refractivity contribution in [3.8, 4) is 0 Å². The summed E-state index contributed by atoms with van der Waals surface area (Å²) < 4.78 is 0. The van der Waals surface area contributed by atoms with Gasteiger partial charge in [-0.15, -0.1) is 0 Å². The molecular weight excluding hydrogens is 1470 g/mol. The molecule has 5 aromatic rings. The molecule has 38 heteroatoms. The molecule has 1 aliphatic rings. The van der Waals surface area contributed by atoms with E-state index in [1.54, 1.807) is 116 Å². The summed E-state index contributed by atoms with van der Waals surface area (Å²) in [5, 5.41) is 65.4. The minimum absolute atomic E-state index is 0.0411. The van der Waals surface area contributed by atoms with Crippen molar-refractivity contribution in [3.63, 3.8) is 0 Å². The number of aliphatic hydroxyl groups excluding tert-OH is 1. The predicted molar refractivity (Wildman–Crippen MR) is 407 cm³/mol. The van der Waals surface area contributed by atoms with Crippen molar-refractivity contribution in [2.45, 2.75) is 205 Å². The number of aromatic amines is 3. The van der Waals surface area contributed by atoms with Crippen LogP contribution in [-0.4, -0.2) is 227 Å². The summed E-state index contributed by atoms with van der Waals surface area (Å²) in [7, 11) is 1.66. The minimum Gasteiger partial charge on any atom is -0.481 e. The molecule has 13 amide bonds. The van der Waals surface area contributed by atoms with Crippen molar-refractivity contribution in [3.05, 3.63) is 90.3 Å². The summed E-state index contributed by atoms with van der Waals surface area (Å²) in [4.78, 5) is 225. The summed E-state index contributed by atoms with van der Waals surface area (Å²) in [5.74, 6) is -17.9. The van der Waals surface area contributed by atoms with E-state index in [9.17, 15) is 77.6 Å². The van der Waals surface area contributed by atoms with Gasteiger partial charge in [-0.2, -0.15) is 0 Å². The highest BCUT2D eigenvalue weighted by atomic mass is 33.1. The van der Waals surface area contributed by atoms with Gasteiger partial charge in [0.25, 0.3) is 0 Å². The molecule has 6 rings (SSSR count). The quantitative estimate of drug-likeness (QED) is 0.0315. The Hall–Kier alpha value is -10.6. The summed E-state index contributed by atoms with van der Waals surface area (Å²) in [6, 6.07) is -5.20. The number of primary amides is 1. The van der Waals surface area contributed by atoms with Crippen molar-refractivity contribution in [1.82, 2.24) is 89.1 Å². The number of benzene rings is 2. The summed E-state index contributed by atoms with van der Waals surface area (Å²) >= 11 is 0. The number of nitrogens with two attached hydrogens (primary N) is 1. The number of nitrogens with zero attached hydrogens (tertiary/aromatic N) is 1. The van der Waals surface area contributed by atoms with Crippen LogP contribution in [-0.2, 0) is 91.2 Å². The molecule has 3 aromatic heterocycles. The first-order chi connectivity index (χ1) is 52.0. The first-order valence-corrected chi connectivity index (χ1v) is 38.6. The molecule has 1 fully saturated rings. The second-order valence-corrected chi connectivity index (χ2v) is 31.0. The van der Waals surface area contributed by atoms with E-state index in [0.717, 1.165) is 21.6 Å². The largest absolute Gasteiger partial charge is 0.481 e. The average Bonchev–Trinajstić information content (AvgIpc) is 1.67. The summed E-state index contributed by atoms with van der Waals surface area (Å²) in [5.41, 5.74) is 8.23. The van der Waals surface area contributed by atoms with E-state index < -0.39 is 217 Å². The normalized spacial score (nSPS) is 23.0. The molecule has 2 aromatic carbocycles. The molecule has 600 valence electrons. The highest BCUT2D eigenvalue weighted by molar-refractivity contribution is 8.76. The number of carboxylic acids is 2. The van der Waals surface area contributed by atoms with Crippen LogP contribution in [0.15, 0.2) is 73.4 Å². The number of carbonyl (C=O) groups excluding carboxylic acids is 13. The molecule has 13 atom stereocenters. The van der Waals surface area contributed by atoms with Gasteiger partial charge in [-0.05, 0) is 74.1 Å². The smallest absolute Gasteiger partial charge is 0.305 e. The van der Waals surface area contributed by atoms with Gasteiger partial charge in [0, 0.05) is 89.3 Å². The van der Waals surface area contributed by atoms with Crippen molar-refractivity contribution in [1.29, 1.82) is 0 Å². The number of H-pyrrole nitrogens is 3. The second kappa shape index (κ2) is 42.4. The zero-order valence-electron chi connectivity index (χ0n) is 62.8. The highest BCUT2D eigenvalue weighted by Crippen LogP contribution is 2.26. The Kier molecular flexibility index (Phi) is 34.0. The lowest BCUT2D eigenvalue weighted by atomic mass is 9.98. The number of nitrogens with one attached hydrogen (secondary N) is 16. The van der Waals surface area contributed by atoms with Crippen LogP contribution >= 0.6 is 21.6 Å². The standard InChI is InChI=1S/C72H102N18O18S2/c1-34(2)21-48-63(99)77-30-56(92)81-47(19-20-57(93)94)64(100)84-49(22-35(3)4)69(105)89-59(36(5)6)72(108)86-51(24-41-28-76-46-18-14-12-16-44(41)46)66(102)88-55(71(107)90-60(39(10)91)61(73)97)32-110-109-31-54(87-68(104)53(26-58(95)96)79-37(7)8)70(106)80-38(9)62(98)82-50(23-40-27-75-45-17-13-11-15-43(40)45)65(101)85-52(67(103)83-48)25-42-29-74-33-78-42/h11-18,27-29,33-39,47-55,59-60,75-76,79,91H,19-26,30-32H2,1-10H3,(H2,73,97)(H,74,78)(H,77,99)(H,80,106)(H,81,92)(H,82,98)(H,83,103)(H,84,100)(H,85,101)(H,86,108)(H,87,104)(H,88,102)(H,89,105)(H,90,107)(H,93,94)(H,95,96)/t38-,39-,47-,48-,49-,50-,51-,52-,53-,54-,55-,59-,60-/m0/s1. The van der Waals surface area contributed by atoms with E-state index in [0.29, 0.717) is 38.6 Å². The molecular formula is C72H102N18O18S2. The lowest BCUT2D eigenvalue weighted by Gasteiger charge is -2.29. The van der Waals surface area contributed by atoms with E-state index in [1.807, 2.05) is 0 Å². The molecule has 4 heterocycles. The van der Waals surface area contributed by atoms with Gasteiger partial charge in [0.1, 0.15) is 66.5 Å². The molecule has 1 aliphatic heterocycles. The molecule has 110 heavy (non-hydrogen) atoms. The number of carbonyl (C=O) groups is 15. The Bertz CT molecular complexity index is 4070. The monoisotopic (exact) mass is 1570 g/mol. The van der Waals surface area contributed by atoms with Gasteiger partial charge in [0.05, 0.1) is 31.4 Å². The van der Waals surface area contributed by atoms with Crippen LogP contribution < -0.4 is 74.9 Å². The van der Waals surface area contributed by atoms with Gasteiger partial charge < -0.3 is 105 Å². The van der Waals surface area contributed by atoms with Crippen molar-refractivity contribution in [2.75, 3.05) is 18.1 Å². The Morgan fingerprint density at radius 2 is 1.08 bits per heavy atom. The van der Waals surface area contributed by atoms with Crippen LogP contribution in [0.1, 0.15) is 118 Å². The van der Waals surface area contributed by atoms with Crippen LogP contribution in [0, 0.1) is 17.8 Å². The number of aliphatic hydroxyl groups is 1. The first kappa shape index (κ1) is 88.3. The number of hydrogen-bond acceptors (Lipinski definition) is 20. The van der Waals surface area contributed by atoms with Crippen molar-refractivity contribution >= 4 is 132 Å². The molecule has 0 spiro atoms. The number of hydrogen-bond donors (Lipinski definition) is 20. The number of rotatable bonds is 24. The molecule has 1 saturated heterocycles. The van der Waals surface area contributed by atoms with Gasteiger partial charge in [-0.1, -0.05) is 113 Å². The van der Waals surface area contributed by atoms with Gasteiger partial charge in [-0.3, -0.25) is 71.9 Å². The first-order valence-electron chi connectivity index (χ1n) is 36.1. The molecule has 0 saturated carbocycles. The fraction of sp³-hybridized carbons (Fsp3) is 0.528. The number of aliphatic carboxylic acids is 2. The van der Waals surface area contributed by atoms with Crippen LogP contribution in [0.5, 0.6) is 0 Å². The van der Waals surface area contributed by atoms with Gasteiger partial charge in [0.15, 0.2) is 0 Å². The Morgan fingerprint density at radius 3 is 1.60 bits per heavy atom. The van der Waals surface area contributed by atoms with E-state index >= 15 is 9.59 Å². The lowest BCUT2D eigenvalue weighted by Crippen LogP contribution is -2.61. The van der Waals surface area contributed by atoms with Crippen LogP contribution in [0.2, 0.25) is 0 Å². The molecule has 21 N–H and O–H groups in total. The Morgan fingerprint density at radius 1 is 0.573 bits per heavy atom. The zero-order chi connectivity index (χ0) is 81.2. The summed E-state index contributed by atoms with van der Waals surface area (Å²) in [6.45, 7) is 15.0. The van der Waals surface area contributed by atoms with E-state index in [4.69, 9.17) is 5.73 Å². The Balaban J connectivity index is 1.46. The van der Waals surface area contributed by atoms with Gasteiger partial charge >= 0.3 is 11.9 Å². The highest BCUT2D eigenvalue weighted by Gasteiger charge is 2.39. The lowest BCUT2D eigenvalue weighted by molar-refractivity contribution is -0.140. The maximum Gasteiger partial charge on any atom is 0.305 e. The molecule has 36 nitrogen and oxygen atoms in total. The van der Waals surface area contributed by atoms with E-state index in [1.165, 1.54) is 26.4 Å². The van der Waals surface area contributed by atoms with Crippen LogP contribution in [0.25, 0.3) is 21.8 Å². The number of amides is 13. The topological polar surface area (TPSA) is 559 Å². The number of para-hydroxylation sites is 2. The third-order valence-electron chi connectivity index (χ3n) is 17.6. The van der Waals surface area contributed by atoms with Crippen molar-refractivity contribution < 1.29 is 87.2 Å². The molecule has 0 unspecified atom stereocenters. The second-order valence-electron chi connectivity index (χ2n) is 28.5. The van der Waals surface area contributed by atoms with Crippen molar-refractivity contribution in [2.24, 2.45) is 23.5 Å². The average molecular weight is 1570 g/mol. The van der Waals surface area contributed by atoms with E-state index in [2.05, 4.69) is 89.1 Å². The van der Waals surface area contributed by atoms with Gasteiger partial charge in [0.2, 0.25) is 76.8 Å². The SMILES string of the molecule is CC(C)C[C@@H]1NC(=O)[C@H](Cc2cnc[nH]2)NC(=O)[C@H](Cc2c[nH]c3ccccc23)NC(=O)[C@H](C)NC(=O)[C@@H](NC(=O)[C@H](CC(=O)O)NC(C)C)CSSC[C@@H](C(=O)N[C@H](C(N)=O)[C@H](C)O)NC(=O)[C@H](Cc2c[nH]c3ccccc23)NC(=O)[C@H](C(C)C)NC(=O)[C@H](CC(C)C)NC(=O)[C@H](CCC(=O)O)NC(=O)CNC1=O. The molecule has 0 bridgehead atoms. The third kappa shape index (κ3) is 27.5. The summed E-state index contributed by atoms with van der Waals surface area (Å²) in [6.07, 6.45) is 1.45. The fourth-order valence-electron chi connectivity index (χ4n) is 11.9. The molecule has 0 aliphatic carbocycles. The van der Waals surface area contributed by atoms with Crippen LogP contribution in [0.3, 0.4) is 0 Å². The number of fused-ring (bicyclic) bond motifs is 2. The fourth-order valence-corrected chi connectivity index (χ4v) is 14.3. The third-order valence-corrected chi connectivity index (χ3v) is 20.0. The van der Waals surface area contributed by atoms with Crippen LogP contribution in [0.4, 0.5) is 0 Å². The number of aromatic nitrogens is 4. The number of imidazole rings is 1. The number of carboxylic acid groups (broad SMARTS) is 2. The zero-order valence-corrected chi connectivity index (χ0v) is 64.5. The maximum absolute atomic E-state index is 15.1. The maximum atomic E-state index is 15.1. The Labute approximate surface area is 642 Å². The van der Waals surface area contributed by atoms with Gasteiger partial charge in [-0.25, -0.2) is 4.98 Å². The van der Waals surface area contributed by atoms with E-state index in [-0.39, 0.29) is 43.9 Å². The minimum atomic E-state index is -1.73. The predicted octanol–water partition coefficient (Wildman–Crippen LogP) is -1.42. The molecule has 0 radical (unpaired) electrons.